The van der Waals surface area contributed by atoms with Gasteiger partial charge in [-0.3, -0.25) is 4.79 Å². The van der Waals surface area contributed by atoms with Crippen LogP contribution in [0, 0.1) is 0 Å². The predicted molar refractivity (Wildman–Crippen MR) is 61.1 cm³/mol. The summed E-state index contributed by atoms with van der Waals surface area (Å²) >= 11 is 0. The Kier molecular flexibility index (Phi) is 3.42. The normalized spacial score (nSPS) is 15.4. The van der Waals surface area contributed by atoms with Gasteiger partial charge in [0.15, 0.2) is 5.78 Å². The molecule has 1 rings (SSSR count). The van der Waals surface area contributed by atoms with Crippen LogP contribution < -0.4 is 0 Å². The van der Waals surface area contributed by atoms with E-state index in [1.807, 2.05) is 0 Å². The molecule has 0 radical (unpaired) electrons. The van der Waals surface area contributed by atoms with E-state index < -0.39 is 23.9 Å². The van der Waals surface area contributed by atoms with Gasteiger partial charge < -0.3 is 4.74 Å². The van der Waals surface area contributed by atoms with Gasteiger partial charge >= 0.3 is 5.97 Å². The number of hydrogen-bond acceptors (Lipinski definition) is 3. The molecule has 3 nitrogen and oxygen atoms in total. The van der Waals surface area contributed by atoms with Gasteiger partial charge in [0.1, 0.15) is 6.10 Å². The second-order valence-corrected chi connectivity index (χ2v) is 3.24. The zero-order valence-corrected chi connectivity index (χ0v) is 9.19. The van der Waals surface area contributed by atoms with E-state index in [0.29, 0.717) is 5.56 Å². The van der Waals surface area contributed by atoms with Crippen LogP contribution in [0.1, 0.15) is 26.9 Å². The Labute approximate surface area is 97.5 Å². The average Bonchev–Trinajstić information content (AvgIpc) is 2.37. The Morgan fingerprint density at radius 1 is 1.38 bits per heavy atom. The highest BCUT2D eigenvalue weighted by molar-refractivity contribution is 5.90. The zero-order valence-electron chi connectivity index (χ0n) is 11.2. The lowest BCUT2D eigenvalue weighted by Gasteiger charge is -2.08. The van der Waals surface area contributed by atoms with Crippen LogP contribution in [0.2, 0.25) is 0 Å². The highest BCUT2D eigenvalue weighted by Crippen LogP contribution is 2.04. The van der Waals surface area contributed by atoms with Gasteiger partial charge in [0.05, 0.1) is 8.30 Å². The van der Waals surface area contributed by atoms with Crippen molar-refractivity contribution >= 4 is 11.8 Å². The van der Waals surface area contributed by atoms with Crippen LogP contribution in [-0.2, 0) is 9.53 Å². The molecule has 0 spiro atoms. The Morgan fingerprint density at radius 2 is 2.00 bits per heavy atom. The highest BCUT2D eigenvalue weighted by Gasteiger charge is 2.08. The van der Waals surface area contributed by atoms with E-state index in [0.717, 1.165) is 0 Å². The molecule has 0 saturated carbocycles. The van der Waals surface area contributed by atoms with Gasteiger partial charge in [-0.1, -0.05) is 18.2 Å². The van der Waals surface area contributed by atoms with Crippen LogP contribution in [0.15, 0.2) is 42.4 Å². The first kappa shape index (κ1) is 9.33. The van der Waals surface area contributed by atoms with Crippen molar-refractivity contribution in [3.05, 3.63) is 48.0 Å². The predicted octanol–water partition coefficient (Wildman–Crippen LogP) is 2.38. The first-order chi connectivity index (χ1) is 8.43. The fourth-order valence-corrected chi connectivity index (χ4v) is 1.04. The summed E-state index contributed by atoms with van der Waals surface area (Å²) in [5.74, 6) is -1.10. The van der Waals surface area contributed by atoms with Crippen molar-refractivity contribution in [1.29, 1.82) is 0 Å². The van der Waals surface area contributed by atoms with E-state index in [4.69, 9.17) is 7.48 Å². The summed E-state index contributed by atoms with van der Waals surface area (Å²) in [7, 11) is 0. The van der Waals surface area contributed by atoms with E-state index in [2.05, 4.69) is 0 Å². The third-order valence-electron chi connectivity index (χ3n) is 1.74. The molecule has 0 amide bonds. The van der Waals surface area contributed by atoms with Gasteiger partial charge in [0, 0.05) is 0 Å². The summed E-state index contributed by atoms with van der Waals surface area (Å²) in [5, 5.41) is 0. The lowest BCUT2D eigenvalue weighted by atomic mass is 10.2. The minimum absolute atomic E-state index is 0.299. The fourth-order valence-electron chi connectivity index (χ4n) is 1.04. The summed E-state index contributed by atoms with van der Waals surface area (Å²) in [6, 6.07) is 7.61. The van der Waals surface area contributed by atoms with Crippen LogP contribution in [-0.4, -0.2) is 17.9 Å². The Morgan fingerprint density at radius 3 is 2.56 bits per heavy atom. The molecule has 0 aromatic heterocycles. The Hall–Kier alpha value is -1.90. The second-order valence-electron chi connectivity index (χ2n) is 3.24. The van der Waals surface area contributed by atoms with Gasteiger partial charge in [0.2, 0.25) is 0 Å². The van der Waals surface area contributed by atoms with Crippen LogP contribution in [0.3, 0.4) is 0 Å². The number of ether oxygens (including phenoxy) is 1. The number of benzene rings is 1. The standard InChI is InChI=1S/C13H14O3/c1-10(14)8-9-11(2)16-13(15)12-6-4-3-5-7-12/h3-9,11H,1-2H3/b9-8+/i8D,9D. The smallest absolute Gasteiger partial charge is 0.338 e. The number of esters is 1. The molecule has 0 N–H and O–H groups in total. The van der Waals surface area contributed by atoms with Crippen LogP contribution in [0.25, 0.3) is 0 Å². The van der Waals surface area contributed by atoms with Crippen molar-refractivity contribution in [3.8, 4) is 0 Å². The van der Waals surface area contributed by atoms with Crippen LogP contribution in [0.4, 0.5) is 0 Å². The molecule has 1 atom stereocenters. The highest BCUT2D eigenvalue weighted by atomic mass is 16.5. The first-order valence-electron chi connectivity index (χ1n) is 5.87. The molecule has 0 fully saturated rings. The maximum atomic E-state index is 11.7. The summed E-state index contributed by atoms with van der Waals surface area (Å²) in [5.41, 5.74) is 0.367. The van der Waals surface area contributed by atoms with E-state index >= 15 is 0 Å². The summed E-state index contributed by atoms with van der Waals surface area (Å²) < 4.78 is 19.9. The van der Waals surface area contributed by atoms with Gasteiger partial charge in [-0.15, -0.1) is 0 Å². The molecule has 84 valence electrons. The van der Waals surface area contributed by atoms with Crippen molar-refractivity contribution in [2.75, 3.05) is 0 Å². The first-order valence-corrected chi connectivity index (χ1v) is 4.87. The molecule has 1 aromatic carbocycles. The van der Waals surface area contributed by atoms with Crippen molar-refractivity contribution in [2.24, 2.45) is 0 Å². The monoisotopic (exact) mass is 220 g/mol. The number of carbonyl (C=O) groups is 2. The second kappa shape index (κ2) is 5.85. The number of hydrogen-bond donors (Lipinski definition) is 0. The van der Waals surface area contributed by atoms with Crippen LogP contribution in [0.5, 0.6) is 0 Å². The van der Waals surface area contributed by atoms with Crippen molar-refractivity contribution in [3.63, 3.8) is 0 Å². The molecule has 0 aliphatic rings. The van der Waals surface area contributed by atoms with E-state index in [1.54, 1.807) is 30.3 Å². The zero-order chi connectivity index (χ0) is 13.7. The van der Waals surface area contributed by atoms with E-state index in [-0.39, 0.29) is 6.05 Å². The number of rotatable bonds is 4. The van der Waals surface area contributed by atoms with E-state index in [1.165, 1.54) is 13.8 Å². The Bertz CT molecular complexity index is 480. The summed E-state index contributed by atoms with van der Waals surface area (Å²) in [6.45, 7) is 2.66. The maximum absolute atomic E-state index is 11.7. The van der Waals surface area contributed by atoms with Gasteiger partial charge in [0.25, 0.3) is 0 Å². The summed E-state index contributed by atoms with van der Waals surface area (Å²) in [6.07, 6.45) is -0.922. The molecule has 0 aliphatic heterocycles. The van der Waals surface area contributed by atoms with Crippen molar-refractivity contribution in [1.82, 2.24) is 0 Å². The molecule has 3 heteroatoms. The molecular formula is C13H14O3. The molecular weight excluding hydrogens is 204 g/mol. The molecule has 0 saturated heterocycles. The third-order valence-corrected chi connectivity index (χ3v) is 1.74. The fraction of sp³-hybridized carbons (Fsp3) is 0.231. The molecule has 0 heterocycles. The minimum atomic E-state index is -0.922. The maximum Gasteiger partial charge on any atom is 0.338 e. The third kappa shape index (κ3) is 4.09. The van der Waals surface area contributed by atoms with Crippen LogP contribution >= 0.6 is 0 Å². The molecule has 16 heavy (non-hydrogen) atoms. The topological polar surface area (TPSA) is 43.4 Å². The molecule has 0 aliphatic carbocycles. The SMILES string of the molecule is [2H]/C(C(C)=O)=C(/[2H])C(C)OC(=O)c1ccccc1. The Balaban J connectivity index is 2.78. The lowest BCUT2D eigenvalue weighted by molar-refractivity contribution is -0.112. The van der Waals surface area contributed by atoms with Gasteiger partial charge in [-0.2, -0.15) is 0 Å². The van der Waals surface area contributed by atoms with Crippen molar-refractivity contribution in [2.45, 2.75) is 20.0 Å². The minimum Gasteiger partial charge on any atom is -0.455 e. The quantitative estimate of drug-likeness (QED) is 0.578. The number of carbonyl (C=O) groups excluding carboxylic acids is 2. The largest absolute Gasteiger partial charge is 0.455 e. The molecule has 1 aromatic rings. The molecule has 1 unspecified atom stereocenters. The van der Waals surface area contributed by atoms with Crippen molar-refractivity contribution < 1.29 is 17.1 Å². The summed E-state index contributed by atoms with van der Waals surface area (Å²) in [4.78, 5) is 22.6. The average molecular weight is 220 g/mol. The van der Waals surface area contributed by atoms with Gasteiger partial charge in [-0.05, 0) is 38.1 Å². The lowest BCUT2D eigenvalue weighted by Crippen LogP contribution is -2.12. The van der Waals surface area contributed by atoms with Gasteiger partial charge in [-0.25, -0.2) is 4.79 Å². The number of ketones is 1. The molecule has 0 bridgehead atoms. The van der Waals surface area contributed by atoms with E-state index in [9.17, 15) is 9.59 Å². The number of allylic oxidation sites excluding steroid dienone is 1.